The molecule has 2 heterocycles. The maximum atomic E-state index is 13.4. The van der Waals surface area contributed by atoms with Crippen molar-refractivity contribution < 1.29 is 31.5 Å². The Morgan fingerprint density at radius 3 is 2.69 bits per heavy atom. The van der Waals surface area contributed by atoms with E-state index in [2.05, 4.69) is 20.5 Å². The maximum absolute atomic E-state index is 13.4. The van der Waals surface area contributed by atoms with Crippen LogP contribution in [-0.4, -0.2) is 41.2 Å². The van der Waals surface area contributed by atoms with Gasteiger partial charge in [-0.25, -0.2) is 8.78 Å². The maximum Gasteiger partial charge on any atom is 0.435 e. The zero-order valence-corrected chi connectivity index (χ0v) is 15.0. The molecule has 1 saturated heterocycles. The van der Waals surface area contributed by atoms with Crippen LogP contribution < -0.4 is 5.32 Å². The number of halogens is 5. The summed E-state index contributed by atoms with van der Waals surface area (Å²) in [4.78, 5) is 16.8. The van der Waals surface area contributed by atoms with E-state index >= 15 is 0 Å². The van der Waals surface area contributed by atoms with Crippen molar-refractivity contribution in [2.45, 2.75) is 31.5 Å². The lowest BCUT2D eigenvalue weighted by atomic mass is 10.1. The SMILES string of the molecule is O=C(NC(Cc1cc(C(F)(F)F)n[nH]1)=NC1CCCOC1)c1ccc(F)c(F)c1. The number of aliphatic imine (C=N–C) groups is 1. The molecule has 3 rings (SSSR count). The van der Waals surface area contributed by atoms with E-state index in [0.717, 1.165) is 30.7 Å². The molecular weight excluding hydrogens is 399 g/mol. The van der Waals surface area contributed by atoms with Gasteiger partial charge >= 0.3 is 6.18 Å². The molecule has 2 N–H and O–H groups in total. The second kappa shape index (κ2) is 8.68. The molecule has 1 aliphatic rings. The van der Waals surface area contributed by atoms with Crippen LogP contribution in [0, 0.1) is 11.6 Å². The van der Waals surface area contributed by atoms with Crippen molar-refractivity contribution in [1.29, 1.82) is 0 Å². The van der Waals surface area contributed by atoms with Gasteiger partial charge < -0.3 is 10.1 Å². The summed E-state index contributed by atoms with van der Waals surface area (Å²) in [6, 6.07) is 3.16. The van der Waals surface area contributed by atoms with Crippen LogP contribution in [0.1, 0.15) is 34.6 Å². The Bertz CT molecular complexity index is 904. The third-order valence-corrected chi connectivity index (χ3v) is 4.19. The number of amides is 1. The van der Waals surface area contributed by atoms with E-state index in [0.29, 0.717) is 19.6 Å². The predicted octanol–water partition coefficient (Wildman–Crippen LogP) is 3.26. The Morgan fingerprint density at radius 2 is 2.07 bits per heavy atom. The topological polar surface area (TPSA) is 79.4 Å². The number of alkyl halides is 3. The van der Waals surface area contributed by atoms with Crippen molar-refractivity contribution in [2.75, 3.05) is 13.2 Å². The fraction of sp³-hybridized carbons (Fsp3) is 0.389. The van der Waals surface area contributed by atoms with Crippen molar-refractivity contribution in [3.63, 3.8) is 0 Å². The molecule has 1 aromatic carbocycles. The molecule has 0 aliphatic carbocycles. The molecule has 1 fully saturated rings. The molecule has 0 bridgehead atoms. The number of carbonyl (C=O) groups excluding carboxylic acids is 1. The van der Waals surface area contributed by atoms with E-state index in [9.17, 15) is 26.7 Å². The van der Waals surface area contributed by atoms with Crippen LogP contribution in [0.2, 0.25) is 0 Å². The number of benzene rings is 1. The van der Waals surface area contributed by atoms with Crippen LogP contribution in [0.3, 0.4) is 0 Å². The Hall–Kier alpha value is -2.82. The third kappa shape index (κ3) is 5.59. The highest BCUT2D eigenvalue weighted by atomic mass is 19.4. The minimum absolute atomic E-state index is 0.0626. The van der Waals surface area contributed by atoms with Crippen LogP contribution in [0.25, 0.3) is 0 Å². The summed E-state index contributed by atoms with van der Waals surface area (Å²) >= 11 is 0. The number of carbonyl (C=O) groups is 1. The first-order chi connectivity index (χ1) is 13.7. The summed E-state index contributed by atoms with van der Waals surface area (Å²) in [6.07, 6.45) is -3.35. The van der Waals surface area contributed by atoms with Gasteiger partial charge in [0.2, 0.25) is 0 Å². The molecule has 6 nitrogen and oxygen atoms in total. The van der Waals surface area contributed by atoms with Crippen molar-refractivity contribution >= 4 is 11.7 Å². The van der Waals surface area contributed by atoms with E-state index in [1.165, 1.54) is 0 Å². The minimum Gasteiger partial charge on any atom is -0.379 e. The molecular formula is C18H17F5N4O2. The normalized spacial score (nSPS) is 18.0. The van der Waals surface area contributed by atoms with Gasteiger partial charge in [0.15, 0.2) is 17.3 Å². The number of nitrogens with zero attached hydrogens (tertiary/aromatic N) is 2. The Morgan fingerprint density at radius 1 is 1.28 bits per heavy atom. The number of H-pyrrole nitrogens is 1. The van der Waals surface area contributed by atoms with Gasteiger partial charge in [-0.2, -0.15) is 18.3 Å². The van der Waals surface area contributed by atoms with Gasteiger partial charge in [-0.3, -0.25) is 14.9 Å². The van der Waals surface area contributed by atoms with E-state index < -0.39 is 29.4 Å². The number of aromatic amines is 1. The molecule has 11 heteroatoms. The number of amidine groups is 1. The Balaban J connectivity index is 1.80. The lowest BCUT2D eigenvalue weighted by molar-refractivity contribution is -0.141. The second-order valence-corrected chi connectivity index (χ2v) is 6.48. The van der Waals surface area contributed by atoms with Crippen molar-refractivity contribution in [1.82, 2.24) is 15.5 Å². The molecule has 0 radical (unpaired) electrons. The highest BCUT2D eigenvalue weighted by molar-refractivity contribution is 6.06. The average molecular weight is 416 g/mol. The Labute approximate surface area is 162 Å². The van der Waals surface area contributed by atoms with Crippen LogP contribution in [0.5, 0.6) is 0 Å². The molecule has 1 atom stereocenters. The average Bonchev–Trinajstić information content (AvgIpc) is 3.13. The first kappa shape index (κ1) is 20.9. The van der Waals surface area contributed by atoms with Gasteiger partial charge in [0, 0.05) is 24.3 Å². The number of ether oxygens (including phenoxy) is 1. The molecule has 1 aromatic heterocycles. The second-order valence-electron chi connectivity index (χ2n) is 6.48. The first-order valence-electron chi connectivity index (χ1n) is 8.74. The summed E-state index contributed by atoms with van der Waals surface area (Å²) in [5.74, 6) is -3.00. The molecule has 29 heavy (non-hydrogen) atoms. The number of aromatic nitrogens is 2. The van der Waals surface area contributed by atoms with Crippen LogP contribution in [0.4, 0.5) is 22.0 Å². The van der Waals surface area contributed by atoms with Crippen molar-refractivity contribution in [2.24, 2.45) is 4.99 Å². The predicted molar refractivity (Wildman–Crippen MR) is 92.4 cm³/mol. The summed E-state index contributed by atoms with van der Waals surface area (Å²) in [6.45, 7) is 0.888. The minimum atomic E-state index is -4.61. The van der Waals surface area contributed by atoms with E-state index in [-0.39, 0.29) is 29.6 Å². The fourth-order valence-corrected chi connectivity index (χ4v) is 2.79. The lowest BCUT2D eigenvalue weighted by Crippen LogP contribution is -2.34. The van der Waals surface area contributed by atoms with Crippen molar-refractivity contribution in [3.8, 4) is 0 Å². The van der Waals surface area contributed by atoms with Gasteiger partial charge in [-0.1, -0.05) is 0 Å². The van der Waals surface area contributed by atoms with Gasteiger partial charge in [0.1, 0.15) is 5.84 Å². The number of nitrogens with one attached hydrogen (secondary N) is 2. The van der Waals surface area contributed by atoms with Gasteiger partial charge in [0.05, 0.1) is 12.6 Å². The number of rotatable bonds is 4. The van der Waals surface area contributed by atoms with Crippen LogP contribution in [-0.2, 0) is 17.3 Å². The molecule has 0 saturated carbocycles. The highest BCUT2D eigenvalue weighted by Crippen LogP contribution is 2.27. The standard InChI is InChI=1S/C18H17F5N4O2/c19-13-4-3-10(6-14(13)20)17(28)25-16(24-11-2-1-5-29-9-11)8-12-7-15(27-26-12)18(21,22)23/h3-4,6-7,11H,1-2,5,8-9H2,(H,26,27)(H,24,25,28). The molecule has 1 amide bonds. The van der Waals surface area contributed by atoms with Gasteiger partial charge in [-0.05, 0) is 37.1 Å². The summed E-state index contributed by atoms with van der Waals surface area (Å²) in [5, 5.41) is 7.94. The van der Waals surface area contributed by atoms with E-state index in [4.69, 9.17) is 4.74 Å². The highest BCUT2D eigenvalue weighted by Gasteiger charge is 2.34. The largest absolute Gasteiger partial charge is 0.435 e. The lowest BCUT2D eigenvalue weighted by Gasteiger charge is -2.20. The van der Waals surface area contributed by atoms with Gasteiger partial charge in [0.25, 0.3) is 5.91 Å². The molecule has 2 aromatic rings. The Kier molecular flexibility index (Phi) is 6.26. The first-order valence-corrected chi connectivity index (χ1v) is 8.74. The number of hydrogen-bond acceptors (Lipinski definition) is 4. The number of hydrogen-bond donors (Lipinski definition) is 2. The van der Waals surface area contributed by atoms with E-state index in [1.807, 2.05) is 0 Å². The van der Waals surface area contributed by atoms with Crippen LogP contribution in [0.15, 0.2) is 29.3 Å². The van der Waals surface area contributed by atoms with E-state index in [1.54, 1.807) is 0 Å². The monoisotopic (exact) mass is 416 g/mol. The quantitative estimate of drug-likeness (QED) is 0.456. The molecule has 1 aliphatic heterocycles. The summed E-state index contributed by atoms with van der Waals surface area (Å²) in [5.41, 5.74) is -1.17. The zero-order valence-electron chi connectivity index (χ0n) is 15.0. The van der Waals surface area contributed by atoms with Crippen molar-refractivity contribution in [3.05, 3.63) is 52.9 Å². The summed E-state index contributed by atoms with van der Waals surface area (Å²) < 4.78 is 70.0. The smallest absolute Gasteiger partial charge is 0.379 e. The zero-order chi connectivity index (χ0) is 21.0. The third-order valence-electron chi connectivity index (χ3n) is 4.19. The van der Waals surface area contributed by atoms with Gasteiger partial charge in [-0.15, -0.1) is 0 Å². The fourth-order valence-electron chi connectivity index (χ4n) is 2.79. The van der Waals surface area contributed by atoms with Crippen LogP contribution >= 0.6 is 0 Å². The molecule has 0 spiro atoms. The molecule has 156 valence electrons. The molecule has 1 unspecified atom stereocenters. The summed E-state index contributed by atoms with van der Waals surface area (Å²) in [7, 11) is 0.